The van der Waals surface area contributed by atoms with Crippen molar-refractivity contribution in [3.05, 3.63) is 45.0 Å². The van der Waals surface area contributed by atoms with E-state index in [9.17, 15) is 4.39 Å². The van der Waals surface area contributed by atoms with Gasteiger partial charge in [0.25, 0.3) is 0 Å². The lowest BCUT2D eigenvalue weighted by atomic mass is 9.95. The smallest absolute Gasteiger partial charge is 0.136 e. The van der Waals surface area contributed by atoms with Crippen molar-refractivity contribution in [2.75, 3.05) is 0 Å². The summed E-state index contributed by atoms with van der Waals surface area (Å²) in [4.78, 5) is 8.82. The van der Waals surface area contributed by atoms with E-state index in [1.54, 1.807) is 19.1 Å². The lowest BCUT2D eigenvalue weighted by molar-refractivity contribution is 0.545. The fourth-order valence-corrected chi connectivity index (χ4v) is 2.30. The first-order chi connectivity index (χ1) is 9.20. The van der Waals surface area contributed by atoms with Crippen LogP contribution >= 0.6 is 27.5 Å². The standard InChI is InChI=1S/C15H15BrClFN2/c1-8-12(10-7-9(16)5-6-11(10)18)19-14(15(2,3)4)20-13(8)17/h5-7H,1-4H3. The summed E-state index contributed by atoms with van der Waals surface area (Å²) in [7, 11) is 0. The van der Waals surface area contributed by atoms with E-state index >= 15 is 0 Å². The van der Waals surface area contributed by atoms with Crippen LogP contribution in [0.15, 0.2) is 22.7 Å². The molecule has 1 aromatic carbocycles. The monoisotopic (exact) mass is 356 g/mol. The molecule has 0 fully saturated rings. The van der Waals surface area contributed by atoms with Gasteiger partial charge in [-0.05, 0) is 25.1 Å². The van der Waals surface area contributed by atoms with Crippen molar-refractivity contribution in [2.45, 2.75) is 33.1 Å². The third-order valence-electron chi connectivity index (χ3n) is 2.94. The van der Waals surface area contributed by atoms with Gasteiger partial charge < -0.3 is 0 Å². The third kappa shape index (κ3) is 3.01. The summed E-state index contributed by atoms with van der Waals surface area (Å²) in [6.45, 7) is 7.78. The van der Waals surface area contributed by atoms with Crippen molar-refractivity contribution in [1.29, 1.82) is 0 Å². The van der Waals surface area contributed by atoms with E-state index in [0.29, 0.717) is 27.8 Å². The second-order valence-corrected chi connectivity index (χ2v) is 6.96. The summed E-state index contributed by atoms with van der Waals surface area (Å²) >= 11 is 9.53. The molecule has 2 nitrogen and oxygen atoms in total. The number of hydrogen-bond donors (Lipinski definition) is 0. The minimum absolute atomic E-state index is 0.255. The molecule has 20 heavy (non-hydrogen) atoms. The molecular formula is C15H15BrClFN2. The molecule has 0 radical (unpaired) electrons. The number of nitrogens with zero attached hydrogens (tertiary/aromatic N) is 2. The van der Waals surface area contributed by atoms with Crippen LogP contribution < -0.4 is 0 Å². The van der Waals surface area contributed by atoms with Crippen molar-refractivity contribution >= 4 is 27.5 Å². The summed E-state index contributed by atoms with van der Waals surface area (Å²) in [6.07, 6.45) is 0. The highest BCUT2D eigenvalue weighted by Gasteiger charge is 2.22. The van der Waals surface area contributed by atoms with Crippen LogP contribution in [0.25, 0.3) is 11.3 Å². The lowest BCUT2D eigenvalue weighted by Crippen LogP contribution is -2.17. The minimum Gasteiger partial charge on any atom is -0.232 e. The van der Waals surface area contributed by atoms with Crippen molar-refractivity contribution in [2.24, 2.45) is 0 Å². The van der Waals surface area contributed by atoms with E-state index in [-0.39, 0.29) is 11.2 Å². The van der Waals surface area contributed by atoms with Gasteiger partial charge in [-0.2, -0.15) is 0 Å². The van der Waals surface area contributed by atoms with Crippen molar-refractivity contribution in [1.82, 2.24) is 9.97 Å². The van der Waals surface area contributed by atoms with E-state index in [4.69, 9.17) is 11.6 Å². The van der Waals surface area contributed by atoms with E-state index in [1.165, 1.54) is 6.07 Å². The first kappa shape index (κ1) is 15.4. The molecule has 0 N–H and O–H groups in total. The summed E-state index contributed by atoms with van der Waals surface area (Å²) in [6, 6.07) is 4.76. The second kappa shape index (κ2) is 5.41. The number of rotatable bonds is 1. The topological polar surface area (TPSA) is 25.8 Å². The predicted octanol–water partition coefficient (Wildman–Crippen LogP) is 5.30. The molecule has 0 aliphatic rings. The fourth-order valence-electron chi connectivity index (χ4n) is 1.77. The zero-order chi connectivity index (χ0) is 15.1. The molecule has 0 unspecified atom stereocenters. The molecule has 0 spiro atoms. The highest BCUT2D eigenvalue weighted by Crippen LogP contribution is 2.32. The van der Waals surface area contributed by atoms with Gasteiger partial charge in [0.2, 0.25) is 0 Å². The third-order valence-corrected chi connectivity index (χ3v) is 3.80. The Morgan fingerprint density at radius 1 is 1.20 bits per heavy atom. The molecule has 0 bridgehead atoms. The Balaban J connectivity index is 2.73. The molecule has 0 saturated heterocycles. The molecule has 2 aromatic rings. The number of hydrogen-bond acceptors (Lipinski definition) is 2. The number of halogens is 3. The van der Waals surface area contributed by atoms with Crippen molar-refractivity contribution in [3.63, 3.8) is 0 Å². The Hall–Kier alpha value is -1.00. The Kier molecular flexibility index (Phi) is 4.17. The average molecular weight is 358 g/mol. The first-order valence-corrected chi connectivity index (χ1v) is 7.37. The van der Waals surface area contributed by atoms with Gasteiger partial charge in [-0.3, -0.25) is 0 Å². The Morgan fingerprint density at radius 2 is 1.85 bits per heavy atom. The largest absolute Gasteiger partial charge is 0.232 e. The van der Waals surface area contributed by atoms with Crippen LogP contribution in [0.1, 0.15) is 32.2 Å². The summed E-state index contributed by atoms with van der Waals surface area (Å²) in [5.41, 5.74) is 1.38. The maximum absolute atomic E-state index is 14.1. The molecule has 5 heteroatoms. The molecule has 0 amide bonds. The summed E-state index contributed by atoms with van der Waals surface area (Å²) in [5.74, 6) is 0.272. The van der Waals surface area contributed by atoms with Crippen LogP contribution in [-0.2, 0) is 5.41 Å². The predicted molar refractivity (Wildman–Crippen MR) is 83.6 cm³/mol. The number of aromatic nitrogens is 2. The van der Waals surface area contributed by atoms with Gasteiger partial charge >= 0.3 is 0 Å². The van der Waals surface area contributed by atoms with Crippen LogP contribution in [-0.4, -0.2) is 9.97 Å². The van der Waals surface area contributed by atoms with Gasteiger partial charge in [0, 0.05) is 21.0 Å². The average Bonchev–Trinajstić information content (AvgIpc) is 2.34. The van der Waals surface area contributed by atoms with Gasteiger partial charge in [0.1, 0.15) is 16.8 Å². The van der Waals surface area contributed by atoms with Crippen LogP contribution in [0.2, 0.25) is 5.15 Å². The van der Waals surface area contributed by atoms with Crippen LogP contribution in [0.5, 0.6) is 0 Å². The van der Waals surface area contributed by atoms with Crippen molar-refractivity contribution < 1.29 is 4.39 Å². The van der Waals surface area contributed by atoms with Gasteiger partial charge in [0.05, 0.1) is 5.69 Å². The van der Waals surface area contributed by atoms with Crippen molar-refractivity contribution in [3.8, 4) is 11.3 Å². The lowest BCUT2D eigenvalue weighted by Gasteiger charge is -2.19. The SMILES string of the molecule is Cc1c(Cl)nc(C(C)(C)C)nc1-c1cc(Br)ccc1F. The molecule has 1 aromatic heterocycles. The molecular weight excluding hydrogens is 343 g/mol. The normalized spacial score (nSPS) is 11.8. The van der Waals surface area contributed by atoms with E-state index in [1.807, 2.05) is 20.8 Å². The highest BCUT2D eigenvalue weighted by atomic mass is 79.9. The second-order valence-electron chi connectivity index (χ2n) is 5.69. The highest BCUT2D eigenvalue weighted by molar-refractivity contribution is 9.10. The van der Waals surface area contributed by atoms with Gasteiger partial charge in [-0.15, -0.1) is 0 Å². The Morgan fingerprint density at radius 3 is 2.45 bits per heavy atom. The van der Waals surface area contributed by atoms with Crippen LogP contribution in [0.4, 0.5) is 4.39 Å². The molecule has 2 rings (SSSR count). The molecule has 106 valence electrons. The van der Waals surface area contributed by atoms with Gasteiger partial charge in [-0.1, -0.05) is 48.3 Å². The molecule has 0 aliphatic heterocycles. The maximum atomic E-state index is 14.1. The molecule has 0 aliphatic carbocycles. The van der Waals surface area contributed by atoms with Gasteiger partial charge in [0.15, 0.2) is 0 Å². The number of benzene rings is 1. The fraction of sp³-hybridized carbons (Fsp3) is 0.333. The first-order valence-electron chi connectivity index (χ1n) is 6.20. The summed E-state index contributed by atoms with van der Waals surface area (Å²) < 4.78 is 14.9. The molecule has 0 atom stereocenters. The van der Waals surface area contributed by atoms with Crippen LogP contribution in [0.3, 0.4) is 0 Å². The quantitative estimate of drug-likeness (QED) is 0.647. The van der Waals surface area contributed by atoms with E-state index in [2.05, 4.69) is 25.9 Å². The van der Waals surface area contributed by atoms with Gasteiger partial charge in [-0.25, -0.2) is 14.4 Å². The van der Waals surface area contributed by atoms with Crippen LogP contribution in [0, 0.1) is 12.7 Å². The summed E-state index contributed by atoms with van der Waals surface area (Å²) in [5, 5.41) is 0.360. The van der Waals surface area contributed by atoms with E-state index < -0.39 is 0 Å². The Labute approximate surface area is 131 Å². The van der Waals surface area contributed by atoms with E-state index in [0.717, 1.165) is 4.47 Å². The molecule has 1 heterocycles. The Bertz CT molecular complexity index is 666. The molecule has 0 saturated carbocycles. The zero-order valence-electron chi connectivity index (χ0n) is 11.8. The maximum Gasteiger partial charge on any atom is 0.136 e. The zero-order valence-corrected chi connectivity index (χ0v) is 14.1. The minimum atomic E-state index is -0.328.